The van der Waals surface area contributed by atoms with Crippen LogP contribution in [-0.2, 0) is 6.54 Å². The lowest BCUT2D eigenvalue weighted by Crippen LogP contribution is -2.45. The Morgan fingerprint density at radius 2 is 1.77 bits per heavy atom. The van der Waals surface area contributed by atoms with Gasteiger partial charge >= 0.3 is 0 Å². The Morgan fingerprint density at radius 1 is 0.975 bits per heavy atom. The lowest BCUT2D eigenvalue weighted by molar-refractivity contribution is 0.0961. The molecule has 2 aromatic carbocycles. The number of rotatable bonds is 8. The second kappa shape index (κ2) is 11.6. The average molecular weight is 553 g/mol. The van der Waals surface area contributed by atoms with E-state index in [1.54, 1.807) is 11.6 Å². The van der Waals surface area contributed by atoms with Gasteiger partial charge in [0.25, 0.3) is 5.91 Å². The molecule has 1 fully saturated rings. The molecule has 0 bridgehead atoms. The van der Waals surface area contributed by atoms with Crippen LogP contribution in [0, 0.1) is 6.92 Å². The summed E-state index contributed by atoms with van der Waals surface area (Å²) in [5, 5.41) is 14.9. The minimum absolute atomic E-state index is 0.0106. The highest BCUT2D eigenvalue weighted by molar-refractivity contribution is 7.12. The number of anilines is 1. The Balaban J connectivity index is 1.22. The second-order valence-corrected chi connectivity index (χ2v) is 11.3. The average Bonchev–Trinajstić information content (AvgIpc) is 3.77. The van der Waals surface area contributed by atoms with Gasteiger partial charge in [0.1, 0.15) is 0 Å². The highest BCUT2D eigenvalue weighted by atomic mass is 32.1. The Morgan fingerprint density at radius 3 is 2.50 bits per heavy atom. The fraction of sp³-hybridized carbons (Fsp3) is 0.290. The first-order valence-electron chi connectivity index (χ1n) is 13.6. The smallest absolute Gasteiger partial charge is 0.269 e. The summed E-state index contributed by atoms with van der Waals surface area (Å²) >= 11 is 1.47. The Labute approximate surface area is 237 Å². The Bertz CT molecular complexity index is 1550. The van der Waals surface area contributed by atoms with Crippen molar-refractivity contribution in [3.05, 3.63) is 101 Å². The van der Waals surface area contributed by atoms with E-state index in [1.807, 2.05) is 58.9 Å². The molecule has 0 saturated heterocycles. The lowest BCUT2D eigenvalue weighted by Gasteiger charge is -2.38. The predicted octanol–water partition coefficient (Wildman–Crippen LogP) is 6.38. The van der Waals surface area contributed by atoms with Gasteiger partial charge in [0.05, 0.1) is 10.6 Å². The van der Waals surface area contributed by atoms with E-state index in [-0.39, 0.29) is 11.9 Å². The molecule has 40 heavy (non-hydrogen) atoms. The number of hydrogen-bond acceptors (Lipinski definition) is 7. The Kier molecular flexibility index (Phi) is 7.57. The Hall–Kier alpha value is -4.08. The van der Waals surface area contributed by atoms with Crippen molar-refractivity contribution in [1.29, 1.82) is 0 Å². The number of carbonyl (C=O) groups excluding carboxylic acids is 1. The molecule has 3 heterocycles. The lowest BCUT2D eigenvalue weighted by atomic mass is 9.89. The fourth-order valence-electron chi connectivity index (χ4n) is 5.51. The number of aryl methyl sites for hydroxylation is 1. The van der Waals surface area contributed by atoms with Gasteiger partial charge in [-0.05, 0) is 67.9 Å². The maximum Gasteiger partial charge on any atom is 0.269 e. The van der Waals surface area contributed by atoms with Crippen LogP contribution in [0.3, 0.4) is 0 Å². The van der Waals surface area contributed by atoms with Crippen molar-refractivity contribution in [2.24, 2.45) is 0 Å². The molecule has 0 N–H and O–H groups in total. The van der Waals surface area contributed by atoms with Crippen molar-refractivity contribution in [3.8, 4) is 17.1 Å². The number of aromatic nitrogens is 4. The van der Waals surface area contributed by atoms with E-state index in [0.29, 0.717) is 23.6 Å². The fourth-order valence-corrected chi connectivity index (χ4v) is 6.17. The zero-order valence-electron chi connectivity index (χ0n) is 22.7. The van der Waals surface area contributed by atoms with Gasteiger partial charge in [-0.2, -0.15) is 0 Å². The molecule has 6 rings (SSSR count). The highest BCUT2D eigenvalue weighted by Crippen LogP contribution is 2.32. The molecule has 0 aliphatic heterocycles. The van der Waals surface area contributed by atoms with Gasteiger partial charge in [-0.1, -0.05) is 42.5 Å². The van der Waals surface area contributed by atoms with E-state index in [2.05, 4.69) is 52.5 Å². The molecule has 1 amide bonds. The highest BCUT2D eigenvalue weighted by Gasteiger charge is 2.33. The van der Waals surface area contributed by atoms with Crippen molar-refractivity contribution in [1.82, 2.24) is 24.9 Å². The SMILES string of the molecule is Cc1nnc(-c2cccc(-n3ccc(N(C(=O)c4cccs4)[C@H]4CC[C@@H](N(C)Cc5ccccc5)CC4)n3)c2)o1. The zero-order chi connectivity index (χ0) is 27.5. The van der Waals surface area contributed by atoms with Crippen LogP contribution in [0.5, 0.6) is 0 Å². The zero-order valence-corrected chi connectivity index (χ0v) is 23.5. The van der Waals surface area contributed by atoms with Gasteiger partial charge in [0, 0.05) is 43.4 Å². The normalized spacial score (nSPS) is 17.3. The van der Waals surface area contributed by atoms with Crippen molar-refractivity contribution in [2.45, 2.75) is 51.2 Å². The molecule has 3 aromatic heterocycles. The molecule has 204 valence electrons. The van der Waals surface area contributed by atoms with E-state index in [1.165, 1.54) is 16.9 Å². The summed E-state index contributed by atoms with van der Waals surface area (Å²) in [5.74, 6) is 1.66. The summed E-state index contributed by atoms with van der Waals surface area (Å²) in [6, 6.07) is 24.7. The topological polar surface area (TPSA) is 80.3 Å². The van der Waals surface area contributed by atoms with Gasteiger partial charge in [0.2, 0.25) is 11.8 Å². The molecule has 0 unspecified atom stereocenters. The van der Waals surface area contributed by atoms with Gasteiger partial charge in [0.15, 0.2) is 5.82 Å². The predicted molar refractivity (Wildman–Crippen MR) is 157 cm³/mol. The summed E-state index contributed by atoms with van der Waals surface area (Å²) in [7, 11) is 2.21. The molecule has 0 spiro atoms. The van der Waals surface area contributed by atoms with E-state index in [0.717, 1.165) is 48.4 Å². The number of benzene rings is 2. The van der Waals surface area contributed by atoms with E-state index < -0.39 is 0 Å². The van der Waals surface area contributed by atoms with Crippen molar-refractivity contribution >= 4 is 23.1 Å². The number of thiophene rings is 1. The second-order valence-electron chi connectivity index (χ2n) is 10.3. The number of amides is 1. The third-order valence-corrected chi connectivity index (χ3v) is 8.44. The van der Waals surface area contributed by atoms with Crippen LogP contribution < -0.4 is 4.90 Å². The van der Waals surface area contributed by atoms with Crippen molar-refractivity contribution < 1.29 is 9.21 Å². The largest absolute Gasteiger partial charge is 0.421 e. The van der Waals surface area contributed by atoms with Crippen LogP contribution in [0.25, 0.3) is 17.1 Å². The molecule has 8 nitrogen and oxygen atoms in total. The van der Waals surface area contributed by atoms with E-state index in [4.69, 9.17) is 9.52 Å². The maximum atomic E-state index is 13.8. The van der Waals surface area contributed by atoms with E-state index >= 15 is 0 Å². The minimum Gasteiger partial charge on any atom is -0.421 e. The molecule has 0 atom stereocenters. The van der Waals surface area contributed by atoms with Crippen LogP contribution in [0.2, 0.25) is 0 Å². The monoisotopic (exact) mass is 552 g/mol. The molecule has 0 radical (unpaired) electrons. The molecular weight excluding hydrogens is 520 g/mol. The minimum atomic E-state index is 0.0106. The standard InChI is InChI=1S/C31H32N6O2S/c1-22-32-33-30(39-22)24-10-6-11-27(20-24)36-18-17-29(34-36)37(31(38)28-12-7-19-40-28)26-15-13-25(14-16-26)35(2)21-23-8-4-3-5-9-23/h3-12,17-20,25-26H,13-16,21H2,1-2H3/t25-,26+. The van der Waals surface area contributed by atoms with Crippen molar-refractivity contribution in [2.75, 3.05) is 11.9 Å². The van der Waals surface area contributed by atoms with Crippen LogP contribution in [0.15, 0.2) is 88.8 Å². The maximum absolute atomic E-state index is 13.8. The third kappa shape index (κ3) is 5.61. The summed E-state index contributed by atoms with van der Waals surface area (Å²) < 4.78 is 7.41. The number of hydrogen-bond donors (Lipinski definition) is 0. The van der Waals surface area contributed by atoms with Crippen LogP contribution in [0.1, 0.15) is 46.8 Å². The summed E-state index contributed by atoms with van der Waals surface area (Å²) in [4.78, 5) is 18.9. The first-order chi connectivity index (χ1) is 19.5. The van der Waals surface area contributed by atoms with Gasteiger partial charge in [-0.3, -0.25) is 14.6 Å². The van der Waals surface area contributed by atoms with Crippen molar-refractivity contribution in [3.63, 3.8) is 0 Å². The summed E-state index contributed by atoms with van der Waals surface area (Å²) in [6.07, 6.45) is 5.84. The van der Waals surface area contributed by atoms with Gasteiger partial charge in [-0.15, -0.1) is 26.6 Å². The van der Waals surface area contributed by atoms with Crippen LogP contribution in [0.4, 0.5) is 5.82 Å². The number of carbonyl (C=O) groups is 1. The molecule has 5 aromatic rings. The van der Waals surface area contributed by atoms with Gasteiger partial charge < -0.3 is 4.42 Å². The van der Waals surface area contributed by atoms with Crippen LogP contribution >= 0.6 is 11.3 Å². The van der Waals surface area contributed by atoms with E-state index in [9.17, 15) is 4.79 Å². The summed E-state index contributed by atoms with van der Waals surface area (Å²) in [5.41, 5.74) is 3.00. The molecule has 1 aliphatic rings. The summed E-state index contributed by atoms with van der Waals surface area (Å²) in [6.45, 7) is 2.70. The quantitative estimate of drug-likeness (QED) is 0.222. The molecule has 9 heteroatoms. The molecule has 1 saturated carbocycles. The first kappa shape index (κ1) is 26.2. The van der Waals surface area contributed by atoms with Gasteiger partial charge in [-0.25, -0.2) is 4.68 Å². The van der Waals surface area contributed by atoms with Crippen LogP contribution in [-0.4, -0.2) is 49.9 Å². The molecule has 1 aliphatic carbocycles. The third-order valence-electron chi connectivity index (χ3n) is 7.59. The molecular formula is C31H32N6O2S. The first-order valence-corrected chi connectivity index (χ1v) is 14.5. The number of nitrogens with zero attached hydrogens (tertiary/aromatic N) is 6.